The number of nitrogens with one attached hydrogen (secondary N) is 4. The molecule has 3 aromatic heterocycles. The van der Waals surface area contributed by atoms with Gasteiger partial charge in [-0.25, -0.2) is 8.78 Å². The first-order valence-corrected chi connectivity index (χ1v) is 14.9. The fraction of sp³-hybridized carbons (Fsp3) is 0.143. The van der Waals surface area contributed by atoms with E-state index in [1.54, 1.807) is 17.5 Å². The highest BCUT2D eigenvalue weighted by molar-refractivity contribution is 7.12. The van der Waals surface area contributed by atoms with E-state index in [-0.39, 0.29) is 50.6 Å². The maximum Gasteiger partial charge on any atom is 0.416 e. The van der Waals surface area contributed by atoms with E-state index >= 15 is 0 Å². The molecule has 9 nitrogen and oxygen atoms in total. The topological polar surface area (TPSA) is 121 Å². The molecule has 2 aromatic carbocycles. The molecule has 5 rings (SSSR count). The number of alkyl halides is 5. The third-order valence-corrected chi connectivity index (χ3v) is 8.26. The van der Waals surface area contributed by atoms with Crippen molar-refractivity contribution in [3.05, 3.63) is 90.5 Å². The molecular weight excluding hydrogens is 702 g/mol. The summed E-state index contributed by atoms with van der Waals surface area (Å²) >= 11 is 20.2. The van der Waals surface area contributed by atoms with Crippen LogP contribution >= 0.6 is 46.1 Å². The first kappa shape index (κ1) is 33.2. The van der Waals surface area contributed by atoms with E-state index in [2.05, 4.69) is 30.9 Å². The van der Waals surface area contributed by atoms with Crippen LogP contribution in [0.15, 0.2) is 53.9 Å². The van der Waals surface area contributed by atoms with E-state index in [9.17, 15) is 31.5 Å². The van der Waals surface area contributed by atoms with Crippen LogP contribution in [0.2, 0.25) is 15.1 Å². The Morgan fingerprint density at radius 3 is 2.37 bits per heavy atom. The van der Waals surface area contributed by atoms with Crippen molar-refractivity contribution in [3.63, 3.8) is 0 Å². The molecule has 5 aromatic rings. The number of amides is 2. The first-order valence-electron chi connectivity index (χ1n) is 12.9. The number of nitrogens with zero attached hydrogens (tertiary/aromatic N) is 2. The van der Waals surface area contributed by atoms with Crippen LogP contribution in [0.5, 0.6) is 5.88 Å². The summed E-state index contributed by atoms with van der Waals surface area (Å²) < 4.78 is 69.7. The highest BCUT2D eigenvalue weighted by atomic mass is 35.5. The molecule has 4 N–H and O–H groups in total. The number of aromatic nitrogens is 3. The lowest BCUT2D eigenvalue weighted by atomic mass is 10.2. The summed E-state index contributed by atoms with van der Waals surface area (Å²) in [5, 5.41) is 10.4. The average Bonchev–Trinajstić information content (AvgIpc) is 3.61. The predicted octanol–water partition coefficient (Wildman–Crippen LogP) is 8.57. The first-order chi connectivity index (χ1) is 21.8. The predicted molar refractivity (Wildman–Crippen MR) is 165 cm³/mol. The number of rotatable bonds is 10. The normalized spacial score (nSPS) is 11.6. The standard InChI is InChI=1S/C28H18Cl3F5N6O3S/c29-16-6-1-12(10-37-25(44)22-17(30)7-8-46-22)20(31)21(16)40-27-39-18-9-15(26(41-23(18)42-27)45-11-19(32)33)24(43)38-14-4-2-13(3-5-14)28(34,35)36/h1-9,19H,10-11H2,(H,37,44)(H,38,43)(H2,39,40,41,42). The fourth-order valence-electron chi connectivity index (χ4n) is 4.02. The van der Waals surface area contributed by atoms with E-state index in [1.165, 1.54) is 23.5 Å². The Morgan fingerprint density at radius 2 is 1.72 bits per heavy atom. The Morgan fingerprint density at radius 1 is 0.978 bits per heavy atom. The zero-order valence-corrected chi connectivity index (χ0v) is 25.8. The summed E-state index contributed by atoms with van der Waals surface area (Å²) in [5.74, 6) is -1.74. The van der Waals surface area contributed by atoms with Crippen molar-refractivity contribution in [1.29, 1.82) is 0 Å². The van der Waals surface area contributed by atoms with E-state index < -0.39 is 42.5 Å². The van der Waals surface area contributed by atoms with Gasteiger partial charge in [0.15, 0.2) is 12.3 Å². The number of anilines is 3. The number of fused-ring (bicyclic) bond motifs is 1. The summed E-state index contributed by atoms with van der Waals surface area (Å²) in [6.45, 7) is -1.07. The maximum absolute atomic E-state index is 13.1. The van der Waals surface area contributed by atoms with Gasteiger partial charge in [-0.2, -0.15) is 23.1 Å². The molecule has 0 bridgehead atoms. The number of carbonyl (C=O) groups excluding carboxylic acids is 2. The minimum atomic E-state index is -4.58. The summed E-state index contributed by atoms with van der Waals surface area (Å²) in [6, 6.07) is 9.60. The number of hydrogen-bond donors (Lipinski definition) is 4. The number of carbonyl (C=O) groups is 2. The van der Waals surface area contributed by atoms with Crippen LogP contribution in [0, 0.1) is 0 Å². The largest absolute Gasteiger partial charge is 0.471 e. The van der Waals surface area contributed by atoms with Gasteiger partial charge in [0.25, 0.3) is 18.2 Å². The molecule has 2 amide bonds. The Kier molecular flexibility index (Phi) is 9.86. The molecule has 3 heterocycles. The van der Waals surface area contributed by atoms with Gasteiger partial charge in [0, 0.05) is 12.2 Å². The summed E-state index contributed by atoms with van der Waals surface area (Å²) in [7, 11) is 0. The lowest BCUT2D eigenvalue weighted by Gasteiger charge is -2.13. The van der Waals surface area contributed by atoms with Crippen LogP contribution in [-0.2, 0) is 12.7 Å². The summed E-state index contributed by atoms with van der Waals surface area (Å²) in [4.78, 5) is 37.1. The highest BCUT2D eigenvalue weighted by Gasteiger charge is 2.30. The van der Waals surface area contributed by atoms with Crippen molar-refractivity contribution in [1.82, 2.24) is 20.3 Å². The minimum Gasteiger partial charge on any atom is -0.471 e. The van der Waals surface area contributed by atoms with E-state index in [0.717, 1.165) is 24.3 Å². The molecule has 0 saturated carbocycles. The van der Waals surface area contributed by atoms with Crippen molar-refractivity contribution >= 4 is 86.4 Å². The lowest BCUT2D eigenvalue weighted by molar-refractivity contribution is -0.137. The maximum atomic E-state index is 13.1. The van der Waals surface area contributed by atoms with Gasteiger partial charge < -0.3 is 25.7 Å². The van der Waals surface area contributed by atoms with Gasteiger partial charge in [-0.05, 0) is 53.4 Å². The monoisotopic (exact) mass is 718 g/mol. The van der Waals surface area contributed by atoms with Crippen molar-refractivity contribution in [2.75, 3.05) is 17.2 Å². The van der Waals surface area contributed by atoms with Gasteiger partial charge in [0.2, 0.25) is 11.8 Å². The lowest BCUT2D eigenvalue weighted by Crippen LogP contribution is -2.22. The van der Waals surface area contributed by atoms with Gasteiger partial charge in [0.05, 0.1) is 31.8 Å². The van der Waals surface area contributed by atoms with Crippen LogP contribution in [0.1, 0.15) is 31.2 Å². The van der Waals surface area contributed by atoms with Gasteiger partial charge in [-0.3, -0.25) is 9.59 Å². The van der Waals surface area contributed by atoms with Crippen LogP contribution in [0.4, 0.5) is 39.3 Å². The molecule has 46 heavy (non-hydrogen) atoms. The molecule has 0 atom stereocenters. The second-order valence-corrected chi connectivity index (χ2v) is 11.4. The van der Waals surface area contributed by atoms with Gasteiger partial charge >= 0.3 is 6.18 Å². The second-order valence-electron chi connectivity index (χ2n) is 9.33. The molecule has 0 spiro atoms. The Balaban J connectivity index is 1.39. The van der Waals surface area contributed by atoms with Gasteiger partial charge in [-0.1, -0.05) is 40.9 Å². The molecule has 0 unspecified atom stereocenters. The summed E-state index contributed by atoms with van der Waals surface area (Å²) in [6.07, 6.45) is -7.48. The molecule has 240 valence electrons. The Bertz CT molecular complexity index is 1920. The average molecular weight is 720 g/mol. The molecular formula is C28H18Cl3F5N6O3S. The molecule has 0 saturated heterocycles. The fourth-order valence-corrected chi connectivity index (χ4v) is 5.61. The number of ether oxygens (including phenoxy) is 1. The third kappa shape index (κ3) is 7.61. The quantitative estimate of drug-likeness (QED) is 0.107. The van der Waals surface area contributed by atoms with Gasteiger partial charge in [-0.15, -0.1) is 11.3 Å². The number of benzene rings is 2. The zero-order valence-electron chi connectivity index (χ0n) is 22.7. The molecule has 0 aliphatic rings. The molecule has 0 fully saturated rings. The van der Waals surface area contributed by atoms with Crippen LogP contribution in [-0.4, -0.2) is 39.8 Å². The van der Waals surface area contributed by atoms with E-state index in [4.69, 9.17) is 39.5 Å². The number of imidazole rings is 1. The van der Waals surface area contributed by atoms with Crippen molar-refractivity contribution in [2.45, 2.75) is 19.1 Å². The number of hydrogen-bond acceptors (Lipinski definition) is 7. The summed E-state index contributed by atoms with van der Waals surface area (Å²) in [5.41, 5.74) is -0.404. The van der Waals surface area contributed by atoms with Crippen molar-refractivity contribution < 1.29 is 36.3 Å². The molecule has 0 aliphatic heterocycles. The van der Waals surface area contributed by atoms with E-state index in [0.29, 0.717) is 15.5 Å². The smallest absolute Gasteiger partial charge is 0.416 e. The minimum absolute atomic E-state index is 0.00344. The third-order valence-electron chi connectivity index (χ3n) is 6.18. The van der Waals surface area contributed by atoms with Crippen molar-refractivity contribution in [3.8, 4) is 5.88 Å². The molecule has 0 aliphatic carbocycles. The number of H-pyrrole nitrogens is 1. The number of thiophene rings is 1. The van der Waals surface area contributed by atoms with Gasteiger partial charge in [0.1, 0.15) is 10.4 Å². The van der Waals surface area contributed by atoms with Crippen molar-refractivity contribution in [2.24, 2.45) is 0 Å². The highest BCUT2D eigenvalue weighted by Crippen LogP contribution is 2.36. The number of aromatic amines is 1. The van der Waals surface area contributed by atoms with Crippen LogP contribution in [0.3, 0.4) is 0 Å². The van der Waals surface area contributed by atoms with Crippen LogP contribution in [0.25, 0.3) is 11.2 Å². The second kappa shape index (κ2) is 13.7. The van der Waals surface area contributed by atoms with E-state index in [1.807, 2.05) is 0 Å². The molecule has 0 radical (unpaired) electrons. The Hall–Kier alpha value is -4.18. The zero-order chi connectivity index (χ0) is 33.2. The van der Waals surface area contributed by atoms with Crippen LogP contribution < -0.4 is 20.7 Å². The number of halogens is 8. The Labute approximate surface area is 275 Å². The number of pyridine rings is 1. The SMILES string of the molecule is O=C(Nc1ccc(C(F)(F)F)cc1)c1cc2[nH]c(Nc3c(Cl)ccc(CNC(=O)c4sccc4Cl)c3Cl)nc2nc1OCC(F)F. The molecule has 18 heteroatoms.